The van der Waals surface area contributed by atoms with Crippen LogP contribution in [0.5, 0.6) is 0 Å². The van der Waals surface area contributed by atoms with Gasteiger partial charge in [0, 0.05) is 24.2 Å². The first kappa shape index (κ1) is 15.8. The van der Waals surface area contributed by atoms with Gasteiger partial charge < -0.3 is 5.32 Å². The molecule has 0 aromatic heterocycles. The maximum atomic E-state index is 3.82. The van der Waals surface area contributed by atoms with Gasteiger partial charge in [-0.2, -0.15) is 0 Å². The average Bonchev–Trinajstić information content (AvgIpc) is 2.85. The van der Waals surface area contributed by atoms with Gasteiger partial charge in [0.25, 0.3) is 0 Å². The van der Waals surface area contributed by atoms with Crippen LogP contribution in [-0.4, -0.2) is 35.6 Å². The summed E-state index contributed by atoms with van der Waals surface area (Å²) in [4.78, 5) is 2.95. The van der Waals surface area contributed by atoms with Gasteiger partial charge in [-0.1, -0.05) is 26.7 Å². The van der Waals surface area contributed by atoms with Crippen molar-refractivity contribution in [2.24, 2.45) is 5.92 Å². The highest BCUT2D eigenvalue weighted by Gasteiger charge is 2.38. The molecule has 3 rings (SSSR count). The third-order valence-corrected chi connectivity index (χ3v) is 6.38. The minimum absolute atomic E-state index is 0.838. The van der Waals surface area contributed by atoms with Crippen molar-refractivity contribution in [2.45, 2.75) is 109 Å². The van der Waals surface area contributed by atoms with Gasteiger partial charge in [0.15, 0.2) is 0 Å². The zero-order valence-corrected chi connectivity index (χ0v) is 14.3. The highest BCUT2D eigenvalue weighted by Crippen LogP contribution is 2.35. The maximum absolute atomic E-state index is 3.82. The van der Waals surface area contributed by atoms with E-state index < -0.39 is 0 Å². The molecule has 3 fully saturated rings. The van der Waals surface area contributed by atoms with E-state index in [1.54, 1.807) is 0 Å². The Morgan fingerprint density at radius 3 is 2.05 bits per heavy atom. The highest BCUT2D eigenvalue weighted by molar-refractivity contribution is 4.97. The highest BCUT2D eigenvalue weighted by atomic mass is 15.2. The summed E-state index contributed by atoms with van der Waals surface area (Å²) < 4.78 is 0. The first-order chi connectivity index (χ1) is 10.3. The van der Waals surface area contributed by atoms with E-state index in [0.717, 1.165) is 30.1 Å². The van der Waals surface area contributed by atoms with Gasteiger partial charge in [-0.3, -0.25) is 4.90 Å². The average molecular weight is 293 g/mol. The molecule has 0 spiro atoms. The van der Waals surface area contributed by atoms with Crippen molar-refractivity contribution in [1.29, 1.82) is 0 Å². The molecule has 2 heterocycles. The van der Waals surface area contributed by atoms with E-state index in [-0.39, 0.29) is 0 Å². The quantitative estimate of drug-likeness (QED) is 0.783. The fourth-order valence-electron chi connectivity index (χ4n) is 5.39. The minimum Gasteiger partial charge on any atom is -0.311 e. The summed E-state index contributed by atoms with van der Waals surface area (Å²) in [6.45, 7) is 6.05. The molecule has 2 heteroatoms. The summed E-state index contributed by atoms with van der Waals surface area (Å²) >= 11 is 0. The third kappa shape index (κ3) is 3.82. The molecule has 0 aromatic rings. The second-order valence-corrected chi connectivity index (χ2v) is 7.96. The summed E-state index contributed by atoms with van der Waals surface area (Å²) in [6.07, 6.45) is 15.8. The third-order valence-electron chi connectivity index (χ3n) is 6.38. The summed E-state index contributed by atoms with van der Waals surface area (Å²) in [5.41, 5.74) is 0. The topological polar surface area (TPSA) is 15.3 Å². The van der Waals surface area contributed by atoms with Crippen molar-refractivity contribution in [3.8, 4) is 0 Å². The molecule has 2 aliphatic heterocycles. The fourth-order valence-corrected chi connectivity index (χ4v) is 5.39. The molecule has 0 aromatic carbocycles. The van der Waals surface area contributed by atoms with Crippen LogP contribution in [-0.2, 0) is 0 Å². The van der Waals surface area contributed by atoms with E-state index in [1.807, 2.05) is 0 Å². The number of hydrogen-bond donors (Lipinski definition) is 1. The predicted octanol–water partition coefficient (Wildman–Crippen LogP) is 4.34. The van der Waals surface area contributed by atoms with Gasteiger partial charge in [-0.15, -0.1) is 0 Å². The Hall–Kier alpha value is -0.0800. The van der Waals surface area contributed by atoms with E-state index in [1.165, 1.54) is 77.2 Å². The number of hydrogen-bond acceptors (Lipinski definition) is 2. The second kappa shape index (κ2) is 7.46. The van der Waals surface area contributed by atoms with Gasteiger partial charge >= 0.3 is 0 Å². The Balaban J connectivity index is 1.57. The van der Waals surface area contributed by atoms with Crippen LogP contribution in [0.15, 0.2) is 0 Å². The number of piperidine rings is 1. The van der Waals surface area contributed by atoms with Crippen LogP contribution in [0.4, 0.5) is 0 Å². The van der Waals surface area contributed by atoms with Crippen molar-refractivity contribution in [1.82, 2.24) is 10.2 Å². The lowest BCUT2D eigenvalue weighted by Gasteiger charge is -2.44. The van der Waals surface area contributed by atoms with Crippen molar-refractivity contribution < 1.29 is 0 Å². The van der Waals surface area contributed by atoms with E-state index in [2.05, 4.69) is 24.1 Å². The summed E-state index contributed by atoms with van der Waals surface area (Å²) in [6, 6.07) is 3.46. The molecule has 1 aliphatic carbocycles. The molecule has 2 bridgehead atoms. The van der Waals surface area contributed by atoms with Crippen LogP contribution in [0.2, 0.25) is 0 Å². The molecule has 0 amide bonds. The monoisotopic (exact) mass is 292 g/mol. The lowest BCUT2D eigenvalue weighted by molar-refractivity contribution is 0.0625. The maximum Gasteiger partial charge on any atom is 0.0128 e. The largest absolute Gasteiger partial charge is 0.311 e. The van der Waals surface area contributed by atoms with Crippen LogP contribution in [0.3, 0.4) is 0 Å². The first-order valence-electron chi connectivity index (χ1n) is 9.81. The van der Waals surface area contributed by atoms with Crippen LogP contribution in [0.25, 0.3) is 0 Å². The molecule has 2 unspecified atom stereocenters. The Labute approximate surface area is 132 Å². The second-order valence-electron chi connectivity index (χ2n) is 7.96. The van der Waals surface area contributed by atoms with E-state index in [4.69, 9.17) is 0 Å². The Bertz CT molecular complexity index is 297. The summed E-state index contributed by atoms with van der Waals surface area (Å²) in [5.74, 6) is 1.04. The number of rotatable bonds is 6. The van der Waals surface area contributed by atoms with E-state index in [9.17, 15) is 0 Å². The molecule has 2 nitrogen and oxygen atoms in total. The van der Waals surface area contributed by atoms with Crippen LogP contribution in [0, 0.1) is 5.92 Å². The van der Waals surface area contributed by atoms with Crippen molar-refractivity contribution in [3.05, 3.63) is 0 Å². The van der Waals surface area contributed by atoms with E-state index >= 15 is 0 Å². The molecule has 2 atom stereocenters. The first-order valence-corrected chi connectivity index (χ1v) is 9.81. The number of fused-ring (bicyclic) bond motifs is 2. The SMILES string of the molecule is CCCC1CCC(N(CCC)C2CC3CCC(C2)N3)CC1. The summed E-state index contributed by atoms with van der Waals surface area (Å²) in [7, 11) is 0. The van der Waals surface area contributed by atoms with Gasteiger partial charge in [0.2, 0.25) is 0 Å². The number of nitrogens with zero attached hydrogens (tertiary/aromatic N) is 1. The Morgan fingerprint density at radius 1 is 0.810 bits per heavy atom. The molecule has 1 N–H and O–H groups in total. The lowest BCUT2D eigenvalue weighted by atomic mass is 9.82. The molecule has 122 valence electrons. The molecular weight excluding hydrogens is 256 g/mol. The predicted molar refractivity (Wildman–Crippen MR) is 90.6 cm³/mol. The van der Waals surface area contributed by atoms with Crippen molar-refractivity contribution >= 4 is 0 Å². The van der Waals surface area contributed by atoms with Crippen LogP contribution in [0.1, 0.15) is 84.5 Å². The summed E-state index contributed by atoms with van der Waals surface area (Å²) in [5, 5.41) is 3.82. The zero-order valence-electron chi connectivity index (χ0n) is 14.3. The van der Waals surface area contributed by atoms with Crippen molar-refractivity contribution in [2.75, 3.05) is 6.54 Å². The molecular formula is C19H36N2. The molecule has 21 heavy (non-hydrogen) atoms. The van der Waals surface area contributed by atoms with Gasteiger partial charge in [0.05, 0.1) is 0 Å². The van der Waals surface area contributed by atoms with Crippen molar-refractivity contribution in [3.63, 3.8) is 0 Å². The standard InChI is InChI=1S/C19H36N2/c1-3-5-15-6-10-18(11-7-15)21(12-4-2)19-13-16-8-9-17(14-19)20-16/h15-20H,3-14H2,1-2H3. The fraction of sp³-hybridized carbons (Fsp3) is 1.00. The molecule has 1 saturated carbocycles. The molecule has 0 radical (unpaired) electrons. The molecule has 2 saturated heterocycles. The zero-order chi connectivity index (χ0) is 14.7. The minimum atomic E-state index is 0.838. The molecule has 3 aliphatic rings. The Morgan fingerprint density at radius 2 is 1.48 bits per heavy atom. The lowest BCUT2D eigenvalue weighted by Crippen LogP contribution is -2.52. The van der Waals surface area contributed by atoms with Crippen LogP contribution < -0.4 is 5.32 Å². The Kier molecular flexibility index (Phi) is 5.61. The normalized spacial score (nSPS) is 39.9. The van der Waals surface area contributed by atoms with Gasteiger partial charge in [-0.25, -0.2) is 0 Å². The van der Waals surface area contributed by atoms with E-state index in [0.29, 0.717) is 0 Å². The smallest absolute Gasteiger partial charge is 0.0128 e. The van der Waals surface area contributed by atoms with Gasteiger partial charge in [-0.05, 0) is 70.3 Å². The van der Waals surface area contributed by atoms with Gasteiger partial charge in [0.1, 0.15) is 0 Å². The van der Waals surface area contributed by atoms with Crippen LogP contribution >= 0.6 is 0 Å². The number of nitrogens with one attached hydrogen (secondary N) is 1.